The van der Waals surface area contributed by atoms with Gasteiger partial charge in [-0.2, -0.15) is 0 Å². The number of fused-ring (bicyclic) bond motifs is 7. The zero-order chi connectivity index (χ0) is 24.0. The first-order chi connectivity index (χ1) is 17.6. The fourth-order valence-electron chi connectivity index (χ4n) is 6.78. The standard InChI is InChI=1S/C35H26O/c1-35(2)29-17-15-21-8-3-4-10-25(21)34(29)28-16-14-22(19-30(28)35)24-18-23-9-7-12-27-26-11-5-6-13-31(26)36-32(20-24)33(23)27/h3-13,15-20,22H,14H2,1-2H3. The molecule has 0 spiro atoms. The zero-order valence-corrected chi connectivity index (χ0v) is 20.5. The van der Waals surface area contributed by atoms with Crippen molar-refractivity contribution in [1.29, 1.82) is 0 Å². The number of hydrogen-bond acceptors (Lipinski definition) is 1. The van der Waals surface area contributed by atoms with Gasteiger partial charge in [-0.15, -0.1) is 0 Å². The van der Waals surface area contributed by atoms with E-state index in [2.05, 4.69) is 117 Å². The van der Waals surface area contributed by atoms with Crippen LogP contribution in [0.15, 0.2) is 109 Å². The van der Waals surface area contributed by atoms with Gasteiger partial charge in [0.2, 0.25) is 0 Å². The molecular formula is C35H26O. The van der Waals surface area contributed by atoms with Crippen molar-refractivity contribution in [3.05, 3.63) is 125 Å². The number of allylic oxidation sites excluding steroid dienone is 4. The van der Waals surface area contributed by atoms with E-state index >= 15 is 0 Å². The predicted octanol–water partition coefficient (Wildman–Crippen LogP) is 9.55. The van der Waals surface area contributed by atoms with Gasteiger partial charge >= 0.3 is 0 Å². The third-order valence-electron chi connectivity index (χ3n) is 8.57. The number of para-hydroxylation sites is 1. The molecule has 1 heterocycles. The van der Waals surface area contributed by atoms with Crippen LogP contribution in [0.3, 0.4) is 0 Å². The molecule has 8 rings (SSSR count). The molecule has 172 valence electrons. The molecule has 5 aromatic rings. The van der Waals surface area contributed by atoms with Crippen LogP contribution in [0.2, 0.25) is 0 Å². The molecule has 36 heavy (non-hydrogen) atoms. The molecule has 0 saturated carbocycles. The van der Waals surface area contributed by atoms with Gasteiger partial charge in [0, 0.05) is 22.3 Å². The third-order valence-corrected chi connectivity index (χ3v) is 8.57. The highest BCUT2D eigenvalue weighted by molar-refractivity contribution is 6.05. The largest absolute Gasteiger partial charge is 0.456 e. The maximum absolute atomic E-state index is 6.47. The maximum atomic E-state index is 6.47. The van der Waals surface area contributed by atoms with Gasteiger partial charge in [-0.3, -0.25) is 0 Å². The Morgan fingerprint density at radius 2 is 1.56 bits per heavy atom. The van der Waals surface area contributed by atoms with E-state index in [1.165, 1.54) is 60.5 Å². The summed E-state index contributed by atoms with van der Waals surface area (Å²) in [6, 6.07) is 33.1. The Kier molecular flexibility index (Phi) is 3.90. The van der Waals surface area contributed by atoms with Crippen LogP contribution in [0.5, 0.6) is 11.5 Å². The topological polar surface area (TPSA) is 9.23 Å². The summed E-state index contributed by atoms with van der Waals surface area (Å²) in [6.07, 6.45) is 6.03. The second kappa shape index (κ2) is 6.98. The zero-order valence-electron chi connectivity index (χ0n) is 20.5. The predicted molar refractivity (Wildman–Crippen MR) is 150 cm³/mol. The molecule has 1 nitrogen and oxygen atoms in total. The first-order valence-corrected chi connectivity index (χ1v) is 12.9. The summed E-state index contributed by atoms with van der Waals surface area (Å²) in [5, 5.41) is 5.16. The summed E-state index contributed by atoms with van der Waals surface area (Å²) in [5.41, 5.74) is 9.51. The Hall–Kier alpha value is -4.10. The molecule has 0 amide bonds. The van der Waals surface area contributed by atoms with Gasteiger partial charge in [0.15, 0.2) is 0 Å². The second-order valence-corrected chi connectivity index (χ2v) is 10.9. The molecular weight excluding hydrogens is 436 g/mol. The van der Waals surface area contributed by atoms with Gasteiger partial charge in [0.05, 0.1) is 0 Å². The molecule has 0 radical (unpaired) electrons. The molecule has 1 unspecified atom stereocenters. The normalized spacial score (nSPS) is 18.7. The highest BCUT2D eigenvalue weighted by atomic mass is 16.5. The van der Waals surface area contributed by atoms with Crippen molar-refractivity contribution < 1.29 is 4.74 Å². The van der Waals surface area contributed by atoms with E-state index in [4.69, 9.17) is 4.74 Å². The lowest BCUT2D eigenvalue weighted by atomic mass is 9.77. The summed E-state index contributed by atoms with van der Waals surface area (Å²) < 4.78 is 6.47. The van der Waals surface area contributed by atoms with Crippen LogP contribution in [0.4, 0.5) is 0 Å². The second-order valence-electron chi connectivity index (χ2n) is 10.9. The fraction of sp³-hybridized carbons (Fsp3) is 0.143. The summed E-state index contributed by atoms with van der Waals surface area (Å²) in [5.74, 6) is 2.25. The average Bonchev–Trinajstić information content (AvgIpc) is 3.15. The Balaban J connectivity index is 1.28. The molecule has 3 aliphatic rings. The minimum Gasteiger partial charge on any atom is -0.456 e. The van der Waals surface area contributed by atoms with Gasteiger partial charge in [0.25, 0.3) is 0 Å². The summed E-state index contributed by atoms with van der Waals surface area (Å²) in [4.78, 5) is 0. The highest BCUT2D eigenvalue weighted by Crippen LogP contribution is 2.55. The molecule has 1 aliphatic heterocycles. The Labute approximate surface area is 211 Å². The number of benzene rings is 5. The average molecular weight is 463 g/mol. The molecule has 0 aromatic heterocycles. The summed E-state index contributed by atoms with van der Waals surface area (Å²) in [6.45, 7) is 4.76. The van der Waals surface area contributed by atoms with Crippen molar-refractivity contribution in [2.75, 3.05) is 0 Å². The van der Waals surface area contributed by atoms with E-state index in [9.17, 15) is 0 Å². The minimum absolute atomic E-state index is 0.0163. The van der Waals surface area contributed by atoms with Crippen molar-refractivity contribution in [3.8, 4) is 22.6 Å². The van der Waals surface area contributed by atoms with Crippen molar-refractivity contribution in [1.82, 2.24) is 0 Å². The lowest BCUT2D eigenvalue weighted by Gasteiger charge is -2.28. The lowest BCUT2D eigenvalue weighted by molar-refractivity contribution is 0.486. The molecule has 0 fully saturated rings. The fourth-order valence-corrected chi connectivity index (χ4v) is 6.78. The molecule has 1 atom stereocenters. The quantitative estimate of drug-likeness (QED) is 0.236. The molecule has 2 aliphatic carbocycles. The van der Waals surface area contributed by atoms with Gasteiger partial charge in [0.1, 0.15) is 11.5 Å². The number of ether oxygens (including phenoxy) is 1. The number of hydrogen-bond donors (Lipinski definition) is 0. The first-order valence-electron chi connectivity index (χ1n) is 12.9. The van der Waals surface area contributed by atoms with E-state index in [1.54, 1.807) is 0 Å². The van der Waals surface area contributed by atoms with E-state index in [0.717, 1.165) is 17.9 Å². The van der Waals surface area contributed by atoms with Gasteiger partial charge in [-0.25, -0.2) is 0 Å². The van der Waals surface area contributed by atoms with E-state index < -0.39 is 0 Å². The summed E-state index contributed by atoms with van der Waals surface area (Å²) in [7, 11) is 0. The summed E-state index contributed by atoms with van der Waals surface area (Å²) >= 11 is 0. The van der Waals surface area contributed by atoms with Gasteiger partial charge in [-0.1, -0.05) is 105 Å². The van der Waals surface area contributed by atoms with E-state index in [-0.39, 0.29) is 5.41 Å². The third kappa shape index (κ3) is 2.61. The molecule has 0 N–H and O–H groups in total. The molecule has 0 saturated heterocycles. The van der Waals surface area contributed by atoms with Crippen LogP contribution in [0.25, 0.3) is 38.2 Å². The van der Waals surface area contributed by atoms with Crippen molar-refractivity contribution >= 4 is 27.1 Å². The Morgan fingerprint density at radius 3 is 2.50 bits per heavy atom. The van der Waals surface area contributed by atoms with Crippen LogP contribution in [0.1, 0.15) is 42.9 Å². The maximum Gasteiger partial charge on any atom is 0.136 e. The molecule has 5 aromatic carbocycles. The Morgan fingerprint density at radius 1 is 0.750 bits per heavy atom. The van der Waals surface area contributed by atoms with Crippen molar-refractivity contribution in [2.24, 2.45) is 0 Å². The van der Waals surface area contributed by atoms with Crippen LogP contribution in [0, 0.1) is 0 Å². The van der Waals surface area contributed by atoms with E-state index in [0.29, 0.717) is 5.92 Å². The molecule has 1 heteroatoms. The smallest absolute Gasteiger partial charge is 0.136 e. The lowest BCUT2D eigenvalue weighted by Crippen LogP contribution is -2.17. The van der Waals surface area contributed by atoms with Crippen LogP contribution in [-0.4, -0.2) is 0 Å². The van der Waals surface area contributed by atoms with Gasteiger partial charge in [-0.05, 0) is 68.1 Å². The number of rotatable bonds is 1. The van der Waals surface area contributed by atoms with Crippen molar-refractivity contribution in [2.45, 2.75) is 31.6 Å². The van der Waals surface area contributed by atoms with Gasteiger partial charge < -0.3 is 4.74 Å². The SMILES string of the molecule is CC1(C)C2=CC(c3cc4c5c(cccc5c3)-c3ccccc3O4)CC=C2c2c1ccc1ccccc21. The van der Waals surface area contributed by atoms with Crippen molar-refractivity contribution in [3.63, 3.8) is 0 Å². The Bertz CT molecular complexity index is 1810. The highest BCUT2D eigenvalue weighted by Gasteiger charge is 2.40. The first kappa shape index (κ1) is 20.1. The minimum atomic E-state index is -0.0163. The monoisotopic (exact) mass is 462 g/mol. The van der Waals surface area contributed by atoms with Crippen LogP contribution >= 0.6 is 0 Å². The molecule has 0 bridgehead atoms. The van der Waals surface area contributed by atoms with Crippen LogP contribution in [-0.2, 0) is 5.41 Å². The van der Waals surface area contributed by atoms with Crippen LogP contribution < -0.4 is 4.74 Å². The van der Waals surface area contributed by atoms with E-state index in [1.807, 2.05) is 0 Å².